The van der Waals surface area contributed by atoms with Crippen molar-refractivity contribution in [2.75, 3.05) is 5.75 Å². The Morgan fingerprint density at radius 1 is 1.52 bits per heavy atom. The SMILES string of the molecule is CC(C)CCn1c(SCC(=O)O)nc2c(C#N)cccc21. The third-order valence-electron chi connectivity index (χ3n) is 3.12. The Balaban J connectivity index is 2.46. The lowest BCUT2D eigenvalue weighted by atomic mass is 10.1. The van der Waals surface area contributed by atoms with Crippen LogP contribution in [-0.2, 0) is 11.3 Å². The molecule has 0 unspecified atom stereocenters. The number of nitrogens with zero attached hydrogens (tertiary/aromatic N) is 3. The van der Waals surface area contributed by atoms with Gasteiger partial charge in [0.2, 0.25) is 0 Å². The molecular weight excluding hydrogens is 286 g/mol. The van der Waals surface area contributed by atoms with Gasteiger partial charge in [0.15, 0.2) is 5.16 Å². The second-order valence-corrected chi connectivity index (χ2v) is 6.14. The molecule has 0 aliphatic heterocycles. The molecule has 1 heterocycles. The summed E-state index contributed by atoms with van der Waals surface area (Å²) in [5.74, 6) is -0.366. The van der Waals surface area contributed by atoms with E-state index in [0.717, 1.165) is 18.5 Å². The van der Waals surface area contributed by atoms with Crippen LogP contribution in [0.3, 0.4) is 0 Å². The fraction of sp³-hybridized carbons (Fsp3) is 0.400. The molecule has 0 saturated heterocycles. The topological polar surface area (TPSA) is 78.9 Å². The van der Waals surface area contributed by atoms with Gasteiger partial charge in [-0.3, -0.25) is 4.79 Å². The zero-order valence-corrected chi connectivity index (χ0v) is 12.9. The number of benzene rings is 1. The predicted molar refractivity (Wildman–Crippen MR) is 82.3 cm³/mol. The van der Waals surface area contributed by atoms with Crippen LogP contribution in [0.4, 0.5) is 0 Å². The van der Waals surface area contributed by atoms with Gasteiger partial charge in [0, 0.05) is 6.54 Å². The molecule has 0 bridgehead atoms. The van der Waals surface area contributed by atoms with Gasteiger partial charge in [-0.05, 0) is 24.5 Å². The van der Waals surface area contributed by atoms with Crippen molar-refractivity contribution >= 4 is 28.8 Å². The summed E-state index contributed by atoms with van der Waals surface area (Å²) < 4.78 is 2.02. The second-order valence-electron chi connectivity index (χ2n) is 5.20. The van der Waals surface area contributed by atoms with Gasteiger partial charge in [-0.25, -0.2) is 4.98 Å². The molecule has 0 fully saturated rings. The highest BCUT2D eigenvalue weighted by molar-refractivity contribution is 7.99. The number of hydrogen-bond donors (Lipinski definition) is 1. The van der Waals surface area contributed by atoms with Crippen molar-refractivity contribution in [3.8, 4) is 6.07 Å². The maximum Gasteiger partial charge on any atom is 0.313 e. The van der Waals surface area contributed by atoms with Gasteiger partial charge in [0.05, 0.1) is 16.8 Å². The average Bonchev–Trinajstić information content (AvgIpc) is 2.80. The molecular formula is C15H17N3O2S. The summed E-state index contributed by atoms with van der Waals surface area (Å²) in [6, 6.07) is 7.63. The number of hydrogen-bond acceptors (Lipinski definition) is 4. The standard InChI is InChI=1S/C15H17N3O2S/c1-10(2)6-7-18-12-5-3-4-11(8-16)14(12)17-15(18)21-9-13(19)20/h3-5,10H,6-7,9H2,1-2H3,(H,19,20). The van der Waals surface area contributed by atoms with Crippen molar-refractivity contribution in [1.82, 2.24) is 9.55 Å². The maximum absolute atomic E-state index is 10.8. The Morgan fingerprint density at radius 2 is 2.29 bits per heavy atom. The van der Waals surface area contributed by atoms with Crippen molar-refractivity contribution in [2.24, 2.45) is 5.92 Å². The molecule has 0 aliphatic carbocycles. The van der Waals surface area contributed by atoms with Crippen molar-refractivity contribution in [3.63, 3.8) is 0 Å². The molecule has 0 spiro atoms. The minimum atomic E-state index is -0.872. The summed E-state index contributed by atoms with van der Waals surface area (Å²) in [4.78, 5) is 15.3. The van der Waals surface area contributed by atoms with E-state index in [2.05, 4.69) is 24.9 Å². The number of fused-ring (bicyclic) bond motifs is 1. The van der Waals surface area contributed by atoms with Crippen LogP contribution < -0.4 is 0 Å². The van der Waals surface area contributed by atoms with Crippen molar-refractivity contribution in [3.05, 3.63) is 23.8 Å². The number of carbonyl (C=O) groups is 1. The molecule has 5 nitrogen and oxygen atoms in total. The van der Waals surface area contributed by atoms with Gasteiger partial charge < -0.3 is 9.67 Å². The zero-order valence-electron chi connectivity index (χ0n) is 12.0. The lowest BCUT2D eigenvalue weighted by Gasteiger charge is -2.10. The van der Waals surface area contributed by atoms with Gasteiger partial charge in [-0.2, -0.15) is 5.26 Å². The quantitative estimate of drug-likeness (QED) is 0.829. The van der Waals surface area contributed by atoms with Crippen LogP contribution in [0.5, 0.6) is 0 Å². The molecule has 0 atom stereocenters. The third-order valence-corrected chi connectivity index (χ3v) is 4.08. The number of aliphatic carboxylic acids is 1. The minimum absolute atomic E-state index is 0.0348. The lowest BCUT2D eigenvalue weighted by Crippen LogP contribution is -2.05. The number of carboxylic acid groups (broad SMARTS) is 1. The first-order valence-corrected chi connectivity index (χ1v) is 7.75. The van der Waals surface area contributed by atoms with E-state index in [4.69, 9.17) is 5.11 Å². The van der Waals surface area contributed by atoms with E-state index in [1.54, 1.807) is 6.07 Å². The molecule has 2 aromatic rings. The number of aryl methyl sites for hydroxylation is 1. The Labute approximate surface area is 127 Å². The van der Waals surface area contributed by atoms with Crippen LogP contribution in [0, 0.1) is 17.2 Å². The monoisotopic (exact) mass is 303 g/mol. The van der Waals surface area contributed by atoms with Crippen LogP contribution >= 0.6 is 11.8 Å². The Bertz CT molecular complexity index is 701. The molecule has 1 N–H and O–H groups in total. The van der Waals surface area contributed by atoms with Crippen LogP contribution in [0.15, 0.2) is 23.4 Å². The molecule has 0 aliphatic rings. The normalized spacial score (nSPS) is 11.0. The highest BCUT2D eigenvalue weighted by Crippen LogP contribution is 2.27. The molecule has 2 rings (SSSR count). The number of carboxylic acids is 1. The van der Waals surface area contributed by atoms with Crippen LogP contribution in [-0.4, -0.2) is 26.4 Å². The van der Waals surface area contributed by atoms with E-state index >= 15 is 0 Å². The largest absolute Gasteiger partial charge is 0.481 e. The molecule has 0 radical (unpaired) electrons. The van der Waals surface area contributed by atoms with E-state index in [-0.39, 0.29) is 5.75 Å². The van der Waals surface area contributed by atoms with Gasteiger partial charge in [0.1, 0.15) is 11.6 Å². The number of rotatable bonds is 6. The first kappa shape index (κ1) is 15.4. The van der Waals surface area contributed by atoms with Gasteiger partial charge in [-0.1, -0.05) is 31.7 Å². The number of para-hydroxylation sites is 1. The van der Waals surface area contributed by atoms with Crippen molar-refractivity contribution in [1.29, 1.82) is 5.26 Å². The predicted octanol–water partition coefficient (Wildman–Crippen LogP) is 3.13. The Morgan fingerprint density at radius 3 is 2.90 bits per heavy atom. The fourth-order valence-corrected chi connectivity index (χ4v) is 2.81. The Hall–Kier alpha value is -2.00. The molecule has 0 saturated carbocycles. The number of thioether (sulfide) groups is 1. The van der Waals surface area contributed by atoms with Crippen LogP contribution in [0.2, 0.25) is 0 Å². The smallest absolute Gasteiger partial charge is 0.313 e. The lowest BCUT2D eigenvalue weighted by molar-refractivity contribution is -0.133. The summed E-state index contributed by atoms with van der Waals surface area (Å²) in [6.07, 6.45) is 0.975. The summed E-state index contributed by atoms with van der Waals surface area (Å²) in [5.41, 5.74) is 2.06. The highest BCUT2D eigenvalue weighted by Gasteiger charge is 2.15. The molecule has 0 amide bonds. The van der Waals surface area contributed by atoms with Crippen molar-refractivity contribution < 1.29 is 9.90 Å². The number of aromatic nitrogens is 2. The summed E-state index contributed by atoms with van der Waals surface area (Å²) in [6.45, 7) is 5.05. The first-order valence-electron chi connectivity index (χ1n) is 6.77. The number of nitriles is 1. The van der Waals surface area contributed by atoms with Crippen molar-refractivity contribution in [2.45, 2.75) is 32.0 Å². The third kappa shape index (κ3) is 3.56. The summed E-state index contributed by atoms with van der Waals surface area (Å²) in [5, 5.41) is 18.7. The maximum atomic E-state index is 10.8. The van der Waals surface area contributed by atoms with E-state index < -0.39 is 5.97 Å². The van der Waals surface area contributed by atoms with E-state index in [0.29, 0.717) is 22.2 Å². The van der Waals surface area contributed by atoms with Crippen LogP contribution in [0.1, 0.15) is 25.8 Å². The Kier molecular flexibility index (Phi) is 4.86. The average molecular weight is 303 g/mol. The van der Waals surface area contributed by atoms with Crippen LogP contribution in [0.25, 0.3) is 11.0 Å². The summed E-state index contributed by atoms with van der Waals surface area (Å²) in [7, 11) is 0. The number of imidazole rings is 1. The molecule has 1 aromatic heterocycles. The first-order chi connectivity index (χ1) is 10.0. The molecule has 1 aromatic carbocycles. The zero-order chi connectivity index (χ0) is 15.4. The minimum Gasteiger partial charge on any atom is -0.481 e. The molecule has 110 valence electrons. The van der Waals surface area contributed by atoms with E-state index in [1.807, 2.05) is 16.7 Å². The second kappa shape index (κ2) is 6.64. The van der Waals surface area contributed by atoms with E-state index in [1.165, 1.54) is 11.8 Å². The van der Waals surface area contributed by atoms with Gasteiger partial charge in [0.25, 0.3) is 0 Å². The van der Waals surface area contributed by atoms with Gasteiger partial charge in [-0.15, -0.1) is 0 Å². The van der Waals surface area contributed by atoms with E-state index in [9.17, 15) is 10.1 Å². The molecule has 21 heavy (non-hydrogen) atoms. The highest BCUT2D eigenvalue weighted by atomic mass is 32.2. The summed E-state index contributed by atoms with van der Waals surface area (Å²) >= 11 is 1.19. The van der Waals surface area contributed by atoms with Gasteiger partial charge >= 0.3 is 5.97 Å². The molecule has 6 heteroatoms. The fourth-order valence-electron chi connectivity index (χ4n) is 2.06.